The molecule has 1 aliphatic heterocycles. The second-order valence-electron chi connectivity index (χ2n) is 10.2. The van der Waals surface area contributed by atoms with Gasteiger partial charge in [0.15, 0.2) is 0 Å². The zero-order chi connectivity index (χ0) is 27.5. The summed E-state index contributed by atoms with van der Waals surface area (Å²) in [5.41, 5.74) is 8.79. The van der Waals surface area contributed by atoms with Crippen LogP contribution in [0.15, 0.2) is 43.0 Å². The molecule has 3 aromatic rings. The summed E-state index contributed by atoms with van der Waals surface area (Å²) in [6.45, 7) is 8.92. The number of carbonyl (C=O) groups excluding carboxylic acids is 2. The molecule has 9 heteroatoms. The van der Waals surface area contributed by atoms with E-state index in [9.17, 15) is 9.59 Å². The Labute approximate surface area is 228 Å². The zero-order valence-corrected chi connectivity index (χ0v) is 22.4. The Balaban J connectivity index is 1.49. The number of hydrogen-bond donors (Lipinski definition) is 3. The first kappa shape index (κ1) is 26.4. The minimum atomic E-state index is -0.291. The van der Waals surface area contributed by atoms with E-state index in [0.717, 1.165) is 18.4 Å². The van der Waals surface area contributed by atoms with Crippen LogP contribution in [0.1, 0.15) is 72.5 Å². The van der Waals surface area contributed by atoms with Gasteiger partial charge in [0.05, 0.1) is 29.6 Å². The van der Waals surface area contributed by atoms with Gasteiger partial charge in [0.2, 0.25) is 5.91 Å². The lowest BCUT2D eigenvalue weighted by molar-refractivity contribution is -0.127. The van der Waals surface area contributed by atoms with Gasteiger partial charge < -0.3 is 25.7 Å². The van der Waals surface area contributed by atoms with Gasteiger partial charge in [-0.05, 0) is 50.7 Å². The Morgan fingerprint density at radius 1 is 1.31 bits per heavy atom. The van der Waals surface area contributed by atoms with Gasteiger partial charge in [-0.3, -0.25) is 9.59 Å². The topological polar surface area (TPSA) is 126 Å². The zero-order valence-electron chi connectivity index (χ0n) is 22.4. The predicted octanol–water partition coefficient (Wildman–Crippen LogP) is 3.70. The smallest absolute Gasteiger partial charge is 0.255 e. The maximum absolute atomic E-state index is 13.6. The number of amides is 2. The van der Waals surface area contributed by atoms with Crippen LogP contribution in [0.3, 0.4) is 0 Å². The largest absolute Gasteiger partial charge is 0.383 e. The van der Waals surface area contributed by atoms with Crippen molar-refractivity contribution in [2.75, 3.05) is 25.5 Å². The Morgan fingerprint density at radius 3 is 2.77 bits per heavy atom. The average molecular weight is 527 g/mol. The first-order valence-corrected chi connectivity index (χ1v) is 13.5. The molecule has 4 N–H and O–H groups in total. The molecule has 1 aliphatic carbocycles. The van der Waals surface area contributed by atoms with Gasteiger partial charge in [0.25, 0.3) is 5.91 Å². The Kier molecular flexibility index (Phi) is 7.66. The second-order valence-corrected chi connectivity index (χ2v) is 10.2. The molecule has 0 radical (unpaired) electrons. The quantitative estimate of drug-likeness (QED) is 0.304. The molecule has 2 aromatic heterocycles. The molecule has 0 unspecified atom stereocenters. The van der Waals surface area contributed by atoms with Gasteiger partial charge in [-0.25, -0.2) is 9.97 Å². The van der Waals surface area contributed by atoms with Gasteiger partial charge >= 0.3 is 0 Å². The molecule has 1 saturated carbocycles. The maximum atomic E-state index is 13.6. The molecule has 0 spiro atoms. The number of nitrogen functional groups attached to an aromatic ring is 1. The van der Waals surface area contributed by atoms with E-state index >= 15 is 0 Å². The maximum Gasteiger partial charge on any atom is 0.255 e. The molecule has 2 aliphatic rings. The lowest BCUT2D eigenvalue weighted by atomic mass is 10.0. The van der Waals surface area contributed by atoms with Crippen molar-refractivity contribution in [1.29, 1.82) is 0 Å². The molecule has 3 atom stereocenters. The average Bonchev–Trinajstić information content (AvgIpc) is 3.55. The number of H-pyrrole nitrogens is 1. The molecule has 3 heterocycles. The molecular formula is C30H34N6O3. The van der Waals surface area contributed by atoms with Crippen molar-refractivity contribution >= 4 is 28.7 Å². The number of aromatic nitrogens is 3. The third-order valence-electron chi connectivity index (χ3n) is 7.30. The van der Waals surface area contributed by atoms with Crippen LogP contribution in [0.5, 0.6) is 0 Å². The molecule has 1 aromatic carbocycles. The molecule has 39 heavy (non-hydrogen) atoms. The number of benzene rings is 1. The summed E-state index contributed by atoms with van der Waals surface area (Å²) in [5.74, 6) is 6.90. The van der Waals surface area contributed by atoms with Crippen LogP contribution >= 0.6 is 0 Å². The van der Waals surface area contributed by atoms with Crippen LogP contribution in [0, 0.1) is 17.8 Å². The molecule has 1 saturated heterocycles. The van der Waals surface area contributed by atoms with Crippen molar-refractivity contribution < 1.29 is 14.3 Å². The van der Waals surface area contributed by atoms with E-state index in [1.165, 1.54) is 6.08 Å². The van der Waals surface area contributed by atoms with Crippen molar-refractivity contribution in [1.82, 2.24) is 25.2 Å². The monoisotopic (exact) mass is 526 g/mol. The van der Waals surface area contributed by atoms with Crippen molar-refractivity contribution in [2.24, 2.45) is 5.92 Å². The van der Waals surface area contributed by atoms with E-state index < -0.39 is 0 Å². The Hall–Kier alpha value is -4.16. The number of fused-ring (bicyclic) bond motifs is 1. The number of rotatable bonds is 8. The van der Waals surface area contributed by atoms with Crippen LogP contribution < -0.4 is 11.1 Å². The van der Waals surface area contributed by atoms with Crippen molar-refractivity contribution in [3.63, 3.8) is 0 Å². The Morgan fingerprint density at radius 2 is 2.08 bits per heavy atom. The summed E-state index contributed by atoms with van der Waals surface area (Å²) in [6.07, 6.45) is 4.09. The van der Waals surface area contributed by atoms with Crippen LogP contribution in [0.2, 0.25) is 0 Å². The summed E-state index contributed by atoms with van der Waals surface area (Å²) in [5, 5.41) is 3.53. The predicted molar refractivity (Wildman–Crippen MR) is 150 cm³/mol. The van der Waals surface area contributed by atoms with Gasteiger partial charge in [0, 0.05) is 25.0 Å². The number of likely N-dealkylation sites (tertiary alicyclic amines) is 1. The highest BCUT2D eigenvalue weighted by Crippen LogP contribution is 2.34. The first-order chi connectivity index (χ1) is 18.9. The van der Waals surface area contributed by atoms with Gasteiger partial charge in [0.1, 0.15) is 23.0 Å². The fraction of sp³-hybridized carbons (Fsp3) is 0.400. The highest BCUT2D eigenvalue weighted by Gasteiger charge is 2.37. The lowest BCUT2D eigenvalue weighted by Gasteiger charge is -2.22. The van der Waals surface area contributed by atoms with Crippen LogP contribution in [0.25, 0.3) is 11.0 Å². The van der Waals surface area contributed by atoms with Gasteiger partial charge in [-0.1, -0.05) is 42.8 Å². The summed E-state index contributed by atoms with van der Waals surface area (Å²) < 4.78 is 5.62. The second kappa shape index (κ2) is 11.3. The minimum absolute atomic E-state index is 0.106. The minimum Gasteiger partial charge on any atom is -0.383 e. The summed E-state index contributed by atoms with van der Waals surface area (Å²) >= 11 is 0. The number of aromatic amines is 1. The lowest BCUT2D eigenvalue weighted by Crippen LogP contribution is -2.37. The molecule has 2 fully saturated rings. The van der Waals surface area contributed by atoms with Crippen molar-refractivity contribution in [3.8, 4) is 11.8 Å². The van der Waals surface area contributed by atoms with Gasteiger partial charge in [-0.2, -0.15) is 0 Å². The molecule has 202 valence electrons. The normalized spacial score (nSPS) is 19.4. The third-order valence-corrected chi connectivity index (χ3v) is 7.30. The van der Waals surface area contributed by atoms with Crippen LogP contribution in [-0.4, -0.2) is 57.5 Å². The van der Waals surface area contributed by atoms with E-state index in [1.54, 1.807) is 4.90 Å². The van der Waals surface area contributed by atoms with E-state index in [2.05, 4.69) is 33.7 Å². The number of anilines is 1. The van der Waals surface area contributed by atoms with Crippen LogP contribution in [0.4, 0.5) is 5.82 Å². The van der Waals surface area contributed by atoms with Crippen molar-refractivity contribution in [2.45, 2.75) is 51.1 Å². The van der Waals surface area contributed by atoms with Gasteiger partial charge in [-0.15, -0.1) is 0 Å². The molecule has 9 nitrogen and oxygen atoms in total. The standard InChI is InChI=1S/C30H34N6O3/c1-4-24(37)36-16-21(15-22(36)17-39-5-2)28-34-27(31)26-25(23(33-29(26)35-28)14-13-19-11-12-19)30(38)32-18(3)20-9-7-6-8-10-20/h4,6-10,18-19,21-22H,1,5,11-12,15-17H2,2-3H3,(H,32,38)(H3,31,33,34,35)/t18-,21-,22-/m1/s1. The highest BCUT2D eigenvalue weighted by atomic mass is 16.5. The first-order valence-electron chi connectivity index (χ1n) is 13.5. The number of nitrogens with zero attached hydrogens (tertiary/aromatic N) is 3. The number of nitrogens with one attached hydrogen (secondary N) is 2. The number of hydrogen-bond acceptors (Lipinski definition) is 6. The van der Waals surface area contributed by atoms with E-state index in [4.69, 9.17) is 15.5 Å². The summed E-state index contributed by atoms with van der Waals surface area (Å²) in [7, 11) is 0. The number of ether oxygens (including phenoxy) is 1. The van der Waals surface area contributed by atoms with E-state index in [-0.39, 0.29) is 35.6 Å². The summed E-state index contributed by atoms with van der Waals surface area (Å²) in [4.78, 5) is 40.5. The fourth-order valence-electron chi connectivity index (χ4n) is 5.04. The van der Waals surface area contributed by atoms with E-state index in [0.29, 0.717) is 60.2 Å². The molecule has 0 bridgehead atoms. The van der Waals surface area contributed by atoms with Crippen LogP contribution in [-0.2, 0) is 9.53 Å². The molecule has 5 rings (SSSR count). The van der Waals surface area contributed by atoms with Crippen molar-refractivity contribution in [3.05, 3.63) is 65.6 Å². The number of nitrogens with two attached hydrogens (primary N) is 1. The van der Waals surface area contributed by atoms with E-state index in [1.807, 2.05) is 44.2 Å². The summed E-state index contributed by atoms with van der Waals surface area (Å²) in [6, 6.07) is 9.44. The fourth-order valence-corrected chi connectivity index (χ4v) is 5.04. The highest BCUT2D eigenvalue weighted by molar-refractivity contribution is 6.11. The Bertz CT molecular complexity index is 1450. The molecular weight excluding hydrogens is 492 g/mol. The SMILES string of the molecule is C=CC(=O)N1C[C@H](c2nc(N)c3c(C(=O)N[C@H](C)c4ccccc4)c(C#CC4CC4)[nH]c3n2)C[C@@H]1COCC. The molecule has 2 amide bonds. The third kappa shape index (κ3) is 5.66. The number of carbonyl (C=O) groups is 2.